The van der Waals surface area contributed by atoms with E-state index in [1.807, 2.05) is 25.1 Å². The second-order valence-corrected chi connectivity index (χ2v) is 7.30. The minimum absolute atomic E-state index is 0.0436. The van der Waals surface area contributed by atoms with E-state index < -0.39 is 28.5 Å². The Morgan fingerprint density at radius 1 is 1.08 bits per heavy atom. The topological polar surface area (TPSA) is 102 Å². The van der Waals surface area contributed by atoms with Crippen molar-refractivity contribution >= 4 is 27.6 Å². The molecule has 0 saturated carbocycles. The van der Waals surface area contributed by atoms with Gasteiger partial charge in [0, 0.05) is 5.69 Å². The van der Waals surface area contributed by atoms with Crippen LogP contribution in [0.4, 0.5) is 5.69 Å². The number of anilines is 1. The van der Waals surface area contributed by atoms with Gasteiger partial charge in [-0.1, -0.05) is 25.1 Å². The summed E-state index contributed by atoms with van der Waals surface area (Å²) in [5, 5.41) is 2.65. The fourth-order valence-corrected chi connectivity index (χ4v) is 2.96. The van der Waals surface area contributed by atoms with E-state index in [1.54, 1.807) is 6.07 Å². The normalized spacial score (nSPS) is 11.0. The number of sulfonamides is 1. The first-order valence-corrected chi connectivity index (χ1v) is 9.43. The van der Waals surface area contributed by atoms with Crippen LogP contribution in [-0.4, -0.2) is 33.9 Å². The van der Waals surface area contributed by atoms with E-state index >= 15 is 0 Å². The minimum atomic E-state index is -3.67. The molecule has 0 radical (unpaired) electrons. The van der Waals surface area contributed by atoms with Crippen LogP contribution in [0, 0.1) is 0 Å². The molecular formula is C18H20N2O5S. The molecule has 0 heterocycles. The molecule has 2 rings (SSSR count). The maximum atomic E-state index is 12.1. The fourth-order valence-electron chi connectivity index (χ4n) is 2.19. The SMILES string of the molecule is CCc1cccc(NC(=O)COC(=O)c2cccc(S(=O)(=O)NC)c2)c1. The van der Waals surface area contributed by atoms with Gasteiger partial charge in [0.2, 0.25) is 10.0 Å². The largest absolute Gasteiger partial charge is 0.452 e. The predicted molar refractivity (Wildman–Crippen MR) is 97.4 cm³/mol. The third-order valence-electron chi connectivity index (χ3n) is 3.60. The number of esters is 1. The van der Waals surface area contributed by atoms with Crippen LogP contribution < -0.4 is 10.0 Å². The van der Waals surface area contributed by atoms with Crippen LogP contribution in [0.25, 0.3) is 0 Å². The van der Waals surface area contributed by atoms with Crippen LogP contribution >= 0.6 is 0 Å². The first-order chi connectivity index (χ1) is 12.4. The van der Waals surface area contributed by atoms with Crippen LogP contribution in [0.15, 0.2) is 53.4 Å². The molecule has 0 fully saturated rings. The van der Waals surface area contributed by atoms with Crippen LogP contribution in [0.3, 0.4) is 0 Å². The second kappa shape index (κ2) is 8.59. The average molecular weight is 376 g/mol. The Kier molecular flexibility index (Phi) is 6.48. The molecule has 8 heteroatoms. The van der Waals surface area contributed by atoms with Crippen molar-refractivity contribution in [3.63, 3.8) is 0 Å². The van der Waals surface area contributed by atoms with Crippen molar-refractivity contribution in [2.75, 3.05) is 19.0 Å². The Morgan fingerprint density at radius 2 is 1.81 bits per heavy atom. The summed E-state index contributed by atoms with van der Waals surface area (Å²) in [6.07, 6.45) is 0.838. The summed E-state index contributed by atoms with van der Waals surface area (Å²) in [4.78, 5) is 23.9. The van der Waals surface area contributed by atoms with Gasteiger partial charge in [0.25, 0.3) is 5.91 Å². The van der Waals surface area contributed by atoms with Gasteiger partial charge >= 0.3 is 5.97 Å². The van der Waals surface area contributed by atoms with Gasteiger partial charge in [-0.3, -0.25) is 4.79 Å². The Balaban J connectivity index is 1.98. The van der Waals surface area contributed by atoms with Gasteiger partial charge in [0.05, 0.1) is 10.5 Å². The summed E-state index contributed by atoms with van der Waals surface area (Å²) in [7, 11) is -2.39. The zero-order valence-corrected chi connectivity index (χ0v) is 15.3. The zero-order chi connectivity index (χ0) is 19.2. The Morgan fingerprint density at radius 3 is 2.50 bits per heavy atom. The highest BCUT2D eigenvalue weighted by Gasteiger charge is 2.16. The monoisotopic (exact) mass is 376 g/mol. The predicted octanol–water partition coefficient (Wildman–Crippen LogP) is 1.95. The molecule has 138 valence electrons. The number of benzene rings is 2. The molecule has 0 atom stereocenters. The molecule has 2 aromatic rings. The van der Waals surface area contributed by atoms with Gasteiger partial charge in [-0.25, -0.2) is 17.9 Å². The van der Waals surface area contributed by atoms with Gasteiger partial charge in [-0.15, -0.1) is 0 Å². The number of hydrogen-bond acceptors (Lipinski definition) is 5. The van der Waals surface area contributed by atoms with Gasteiger partial charge in [0.15, 0.2) is 6.61 Å². The van der Waals surface area contributed by atoms with Crippen LogP contribution in [-0.2, 0) is 26.0 Å². The quantitative estimate of drug-likeness (QED) is 0.719. The van der Waals surface area contributed by atoms with Crippen molar-refractivity contribution in [1.29, 1.82) is 0 Å². The lowest BCUT2D eigenvalue weighted by molar-refractivity contribution is -0.119. The van der Waals surface area contributed by atoms with Crippen molar-refractivity contribution in [2.24, 2.45) is 0 Å². The molecule has 0 aliphatic heterocycles. The van der Waals surface area contributed by atoms with Crippen LogP contribution in [0.1, 0.15) is 22.8 Å². The molecule has 0 saturated heterocycles. The van der Waals surface area contributed by atoms with Gasteiger partial charge in [0.1, 0.15) is 0 Å². The molecule has 1 amide bonds. The highest BCUT2D eigenvalue weighted by molar-refractivity contribution is 7.89. The third-order valence-corrected chi connectivity index (χ3v) is 5.01. The summed E-state index contributed by atoms with van der Waals surface area (Å²) >= 11 is 0. The maximum absolute atomic E-state index is 12.1. The van der Waals surface area contributed by atoms with E-state index in [2.05, 4.69) is 10.0 Å². The molecule has 2 aromatic carbocycles. The highest BCUT2D eigenvalue weighted by atomic mass is 32.2. The molecule has 0 aromatic heterocycles. The number of nitrogens with one attached hydrogen (secondary N) is 2. The molecule has 0 unspecified atom stereocenters. The second-order valence-electron chi connectivity index (χ2n) is 5.41. The van der Waals surface area contributed by atoms with Gasteiger partial charge in [-0.2, -0.15) is 0 Å². The summed E-state index contributed by atoms with van der Waals surface area (Å²) < 4.78 is 30.7. The van der Waals surface area contributed by atoms with E-state index in [4.69, 9.17) is 4.74 Å². The highest BCUT2D eigenvalue weighted by Crippen LogP contribution is 2.13. The maximum Gasteiger partial charge on any atom is 0.338 e. The first kappa shape index (κ1) is 19.6. The first-order valence-electron chi connectivity index (χ1n) is 7.95. The molecule has 7 nitrogen and oxygen atoms in total. The summed E-state index contributed by atoms with van der Waals surface area (Å²) in [6, 6.07) is 12.7. The van der Waals surface area contributed by atoms with E-state index in [0.717, 1.165) is 12.0 Å². The molecule has 0 aliphatic carbocycles. The van der Waals surface area contributed by atoms with Gasteiger partial charge in [-0.05, 0) is 49.4 Å². The molecule has 0 spiro atoms. The van der Waals surface area contributed by atoms with E-state index in [0.29, 0.717) is 5.69 Å². The van der Waals surface area contributed by atoms with Crippen molar-refractivity contribution in [1.82, 2.24) is 4.72 Å². The number of rotatable bonds is 7. The summed E-state index contributed by atoms with van der Waals surface area (Å²) in [5.74, 6) is -1.26. The third kappa shape index (κ3) is 5.14. The molecule has 0 aliphatic rings. The Hall–Kier alpha value is -2.71. The number of aryl methyl sites for hydroxylation is 1. The number of carbonyl (C=O) groups excluding carboxylic acids is 2. The smallest absolute Gasteiger partial charge is 0.338 e. The molecular weight excluding hydrogens is 356 g/mol. The minimum Gasteiger partial charge on any atom is -0.452 e. The number of carbonyl (C=O) groups is 2. The Bertz CT molecular complexity index is 909. The van der Waals surface area contributed by atoms with Crippen molar-refractivity contribution < 1.29 is 22.7 Å². The lowest BCUT2D eigenvalue weighted by atomic mass is 10.1. The lowest BCUT2D eigenvalue weighted by Gasteiger charge is -2.08. The standard InChI is InChI=1S/C18H20N2O5S/c1-3-13-6-4-8-15(10-13)20-17(21)12-25-18(22)14-7-5-9-16(11-14)26(23,24)19-2/h4-11,19H,3,12H2,1-2H3,(H,20,21). The molecule has 26 heavy (non-hydrogen) atoms. The Labute approximate surface area is 152 Å². The lowest BCUT2D eigenvalue weighted by Crippen LogP contribution is -2.22. The fraction of sp³-hybridized carbons (Fsp3) is 0.222. The van der Waals surface area contributed by atoms with E-state index in [1.165, 1.54) is 31.3 Å². The average Bonchev–Trinajstić information content (AvgIpc) is 2.66. The van der Waals surface area contributed by atoms with E-state index in [-0.39, 0.29) is 10.5 Å². The van der Waals surface area contributed by atoms with Crippen LogP contribution in [0.5, 0.6) is 0 Å². The van der Waals surface area contributed by atoms with Crippen molar-refractivity contribution in [3.8, 4) is 0 Å². The van der Waals surface area contributed by atoms with Gasteiger partial charge < -0.3 is 10.1 Å². The van der Waals surface area contributed by atoms with E-state index in [9.17, 15) is 18.0 Å². The summed E-state index contributed by atoms with van der Waals surface area (Å²) in [5.41, 5.74) is 1.73. The van der Waals surface area contributed by atoms with Crippen molar-refractivity contribution in [3.05, 3.63) is 59.7 Å². The summed E-state index contributed by atoms with van der Waals surface area (Å²) in [6.45, 7) is 1.53. The van der Waals surface area contributed by atoms with Crippen molar-refractivity contribution in [2.45, 2.75) is 18.2 Å². The van der Waals surface area contributed by atoms with Crippen LogP contribution in [0.2, 0.25) is 0 Å². The number of ether oxygens (including phenoxy) is 1. The number of hydrogen-bond donors (Lipinski definition) is 2. The number of amides is 1. The molecule has 2 N–H and O–H groups in total. The molecule has 0 bridgehead atoms. The zero-order valence-electron chi connectivity index (χ0n) is 14.5.